The van der Waals surface area contributed by atoms with Crippen LogP contribution >= 0.6 is 27.3 Å². The van der Waals surface area contributed by atoms with E-state index >= 15 is 0 Å². The van der Waals surface area contributed by atoms with Gasteiger partial charge < -0.3 is 9.84 Å². The predicted molar refractivity (Wildman–Crippen MR) is 85.7 cm³/mol. The quantitative estimate of drug-likeness (QED) is 0.771. The van der Waals surface area contributed by atoms with E-state index in [1.54, 1.807) is 24.3 Å². The maximum Gasteiger partial charge on any atom is 0.144 e. The number of hydrogen-bond donors (Lipinski definition) is 1. The SMILES string of the molecule is CC(CF)(CF)C(O)(COc1ccc(Br)cc1)c1cncs1. The number of aromatic nitrogens is 1. The second-order valence-electron chi connectivity index (χ2n) is 5.30. The van der Waals surface area contributed by atoms with Crippen molar-refractivity contribution in [3.05, 3.63) is 45.3 Å². The number of ether oxygens (including phenoxy) is 1. The molecule has 1 N–H and O–H groups in total. The Bertz CT molecular complexity index is 590. The molecule has 1 atom stereocenters. The van der Waals surface area contributed by atoms with Crippen LogP contribution in [0, 0.1) is 5.41 Å². The van der Waals surface area contributed by atoms with Gasteiger partial charge in [-0.2, -0.15) is 0 Å². The third-order valence-corrected chi connectivity index (χ3v) is 5.14. The first-order valence-electron chi connectivity index (χ1n) is 6.57. The molecule has 0 fully saturated rings. The highest BCUT2D eigenvalue weighted by atomic mass is 79.9. The Hall–Kier alpha value is -1.05. The molecule has 0 saturated carbocycles. The largest absolute Gasteiger partial charge is 0.490 e. The molecule has 0 aliphatic heterocycles. The van der Waals surface area contributed by atoms with Crippen LogP contribution < -0.4 is 4.74 Å². The smallest absolute Gasteiger partial charge is 0.144 e. The molecule has 2 rings (SSSR count). The predicted octanol–water partition coefficient (Wildman–Crippen LogP) is 4.12. The van der Waals surface area contributed by atoms with Crippen molar-refractivity contribution in [2.45, 2.75) is 12.5 Å². The van der Waals surface area contributed by atoms with E-state index in [1.165, 1.54) is 18.6 Å². The van der Waals surface area contributed by atoms with Gasteiger partial charge in [0.25, 0.3) is 0 Å². The molecule has 1 heterocycles. The van der Waals surface area contributed by atoms with Gasteiger partial charge in [-0.05, 0) is 24.3 Å². The maximum atomic E-state index is 13.4. The van der Waals surface area contributed by atoms with Crippen molar-refractivity contribution in [1.29, 1.82) is 0 Å². The van der Waals surface area contributed by atoms with Crippen molar-refractivity contribution in [2.24, 2.45) is 5.41 Å². The number of alkyl halides is 2. The van der Waals surface area contributed by atoms with Crippen molar-refractivity contribution in [3.63, 3.8) is 0 Å². The Morgan fingerprint density at radius 1 is 1.27 bits per heavy atom. The van der Waals surface area contributed by atoms with Gasteiger partial charge in [-0.15, -0.1) is 11.3 Å². The number of nitrogens with zero attached hydrogens (tertiary/aromatic N) is 1. The van der Waals surface area contributed by atoms with Crippen molar-refractivity contribution in [2.75, 3.05) is 20.0 Å². The monoisotopic (exact) mass is 391 g/mol. The molecule has 0 amide bonds. The molecular formula is C15H16BrF2NO2S. The van der Waals surface area contributed by atoms with Crippen LogP contribution in [-0.2, 0) is 5.60 Å². The molecule has 0 radical (unpaired) electrons. The Kier molecular flexibility index (Phi) is 5.52. The van der Waals surface area contributed by atoms with Crippen LogP contribution in [0.15, 0.2) is 40.4 Å². The number of aliphatic hydroxyl groups is 1. The van der Waals surface area contributed by atoms with Crippen molar-refractivity contribution in [3.8, 4) is 5.75 Å². The van der Waals surface area contributed by atoms with Gasteiger partial charge in [-0.1, -0.05) is 22.9 Å². The zero-order valence-corrected chi connectivity index (χ0v) is 14.3. The lowest BCUT2D eigenvalue weighted by Gasteiger charge is -2.40. The lowest BCUT2D eigenvalue weighted by Crippen LogP contribution is -2.50. The minimum Gasteiger partial charge on any atom is -0.490 e. The summed E-state index contributed by atoms with van der Waals surface area (Å²) in [6, 6.07) is 6.98. The van der Waals surface area contributed by atoms with Gasteiger partial charge in [0, 0.05) is 10.7 Å². The molecule has 1 unspecified atom stereocenters. The van der Waals surface area contributed by atoms with Gasteiger partial charge in [-0.3, -0.25) is 13.8 Å². The molecule has 1 aromatic carbocycles. The zero-order chi connectivity index (χ0) is 16.2. The molecule has 0 aliphatic carbocycles. The normalized spacial score (nSPS) is 14.6. The van der Waals surface area contributed by atoms with Crippen molar-refractivity contribution < 1.29 is 18.6 Å². The summed E-state index contributed by atoms with van der Waals surface area (Å²) in [6.45, 7) is -0.929. The summed E-state index contributed by atoms with van der Waals surface area (Å²) >= 11 is 4.45. The van der Waals surface area contributed by atoms with Crippen LogP contribution in [0.25, 0.3) is 0 Å². The summed E-state index contributed by atoms with van der Waals surface area (Å²) in [7, 11) is 0. The summed E-state index contributed by atoms with van der Waals surface area (Å²) < 4.78 is 33.3. The number of hydrogen-bond acceptors (Lipinski definition) is 4. The van der Waals surface area contributed by atoms with Crippen LogP contribution in [0.3, 0.4) is 0 Å². The van der Waals surface area contributed by atoms with Gasteiger partial charge in [0.2, 0.25) is 0 Å². The fourth-order valence-corrected chi connectivity index (χ4v) is 3.06. The minimum absolute atomic E-state index is 0.263. The minimum atomic E-state index is -1.80. The van der Waals surface area contributed by atoms with Gasteiger partial charge in [0.1, 0.15) is 31.3 Å². The Balaban J connectivity index is 2.27. The van der Waals surface area contributed by atoms with E-state index in [2.05, 4.69) is 20.9 Å². The van der Waals surface area contributed by atoms with Gasteiger partial charge in [-0.25, -0.2) is 0 Å². The van der Waals surface area contributed by atoms with Crippen molar-refractivity contribution >= 4 is 27.3 Å². The van der Waals surface area contributed by atoms with E-state index in [1.807, 2.05) is 0 Å². The molecular weight excluding hydrogens is 376 g/mol. The van der Waals surface area contributed by atoms with Gasteiger partial charge >= 0.3 is 0 Å². The summed E-state index contributed by atoms with van der Waals surface area (Å²) in [4.78, 5) is 4.27. The molecule has 3 nitrogen and oxygen atoms in total. The Morgan fingerprint density at radius 3 is 2.41 bits per heavy atom. The van der Waals surface area contributed by atoms with Crippen LogP contribution in [0.5, 0.6) is 5.75 Å². The molecule has 0 spiro atoms. The first-order chi connectivity index (χ1) is 10.4. The zero-order valence-electron chi connectivity index (χ0n) is 11.9. The number of halogens is 3. The van der Waals surface area contributed by atoms with Crippen LogP contribution in [0.1, 0.15) is 11.8 Å². The lowest BCUT2D eigenvalue weighted by atomic mass is 9.74. The Labute approximate surface area is 140 Å². The summed E-state index contributed by atoms with van der Waals surface area (Å²) in [5.41, 5.74) is -1.89. The highest BCUT2D eigenvalue weighted by Gasteiger charge is 2.50. The fraction of sp³-hybridized carbons (Fsp3) is 0.400. The van der Waals surface area contributed by atoms with E-state index in [4.69, 9.17) is 4.74 Å². The lowest BCUT2D eigenvalue weighted by molar-refractivity contribution is -0.125. The highest BCUT2D eigenvalue weighted by molar-refractivity contribution is 9.10. The first-order valence-corrected chi connectivity index (χ1v) is 8.24. The van der Waals surface area contributed by atoms with E-state index in [9.17, 15) is 13.9 Å². The maximum absolute atomic E-state index is 13.4. The third-order valence-electron chi connectivity index (χ3n) is 3.69. The van der Waals surface area contributed by atoms with Crippen molar-refractivity contribution in [1.82, 2.24) is 4.98 Å². The molecule has 0 aliphatic rings. The van der Waals surface area contributed by atoms with E-state index in [0.29, 0.717) is 10.6 Å². The molecule has 1 aromatic heterocycles. The molecule has 0 saturated heterocycles. The fourth-order valence-electron chi connectivity index (χ4n) is 1.94. The molecule has 2 aromatic rings. The highest BCUT2D eigenvalue weighted by Crippen LogP contribution is 2.42. The van der Waals surface area contributed by atoms with Crippen LogP contribution in [-0.4, -0.2) is 30.0 Å². The van der Waals surface area contributed by atoms with E-state index < -0.39 is 24.4 Å². The summed E-state index contributed by atoms with van der Waals surface area (Å²) in [5, 5.41) is 11.0. The average Bonchev–Trinajstić information content (AvgIpc) is 3.08. The van der Waals surface area contributed by atoms with Gasteiger partial charge in [0.15, 0.2) is 0 Å². The van der Waals surface area contributed by atoms with Crippen LogP contribution in [0.4, 0.5) is 8.78 Å². The number of thiazole rings is 1. The second-order valence-corrected chi connectivity index (χ2v) is 7.10. The van der Waals surface area contributed by atoms with Crippen LogP contribution in [0.2, 0.25) is 0 Å². The molecule has 120 valence electrons. The Morgan fingerprint density at radius 2 is 1.91 bits per heavy atom. The second kappa shape index (κ2) is 7.02. The number of rotatable bonds is 7. The molecule has 7 heteroatoms. The average molecular weight is 392 g/mol. The summed E-state index contributed by atoms with van der Waals surface area (Å²) in [6.07, 6.45) is 1.42. The van der Waals surface area contributed by atoms with E-state index in [0.717, 1.165) is 15.8 Å². The third kappa shape index (κ3) is 3.31. The summed E-state index contributed by atoms with van der Waals surface area (Å²) in [5.74, 6) is 0.506. The molecule has 0 bridgehead atoms. The van der Waals surface area contributed by atoms with E-state index in [-0.39, 0.29) is 6.61 Å². The first kappa shape index (κ1) is 17.3. The van der Waals surface area contributed by atoms with Gasteiger partial charge in [0.05, 0.1) is 15.8 Å². The topological polar surface area (TPSA) is 42.4 Å². The standard InChI is InChI=1S/C15H16BrF2NO2S/c1-14(7-17,8-18)15(20,13-6-19-10-22-13)9-21-12-4-2-11(16)3-5-12/h2-6,10,20H,7-9H2,1H3. The number of benzene rings is 1. The molecule has 22 heavy (non-hydrogen) atoms.